The minimum atomic E-state index is -1.67. The molecular formula is C19H27NO6. The maximum Gasteiger partial charge on any atom is 0.338 e. The van der Waals surface area contributed by atoms with Gasteiger partial charge >= 0.3 is 5.97 Å². The van der Waals surface area contributed by atoms with Gasteiger partial charge in [-0.3, -0.25) is 4.79 Å². The molecule has 26 heavy (non-hydrogen) atoms. The van der Waals surface area contributed by atoms with E-state index in [4.69, 9.17) is 14.2 Å². The molecule has 1 aromatic carbocycles. The highest BCUT2D eigenvalue weighted by Crippen LogP contribution is 2.24. The summed E-state index contributed by atoms with van der Waals surface area (Å²) < 4.78 is 16.1. The molecule has 2 rings (SSSR count). The van der Waals surface area contributed by atoms with E-state index in [1.165, 1.54) is 4.90 Å². The molecule has 0 unspecified atom stereocenters. The van der Waals surface area contributed by atoms with Crippen molar-refractivity contribution < 1.29 is 28.9 Å². The summed E-state index contributed by atoms with van der Waals surface area (Å²) in [7, 11) is 0. The van der Waals surface area contributed by atoms with Gasteiger partial charge in [0.1, 0.15) is 11.4 Å². The molecule has 1 aliphatic heterocycles. The fraction of sp³-hybridized carbons (Fsp3) is 0.579. The third-order valence-electron chi connectivity index (χ3n) is 3.58. The van der Waals surface area contributed by atoms with Crippen molar-refractivity contribution in [3.8, 4) is 5.75 Å². The van der Waals surface area contributed by atoms with Gasteiger partial charge in [0.05, 0.1) is 12.7 Å². The van der Waals surface area contributed by atoms with Gasteiger partial charge in [-0.1, -0.05) is 0 Å². The average molecular weight is 365 g/mol. The van der Waals surface area contributed by atoms with Crippen LogP contribution in [0.15, 0.2) is 24.3 Å². The van der Waals surface area contributed by atoms with E-state index in [2.05, 4.69) is 0 Å². The maximum atomic E-state index is 12.7. The Kier molecular flexibility index (Phi) is 6.26. The number of aliphatic hydroxyl groups excluding tert-OH is 1. The van der Waals surface area contributed by atoms with Crippen molar-refractivity contribution in [1.29, 1.82) is 0 Å². The summed E-state index contributed by atoms with van der Waals surface area (Å²) >= 11 is 0. The Morgan fingerprint density at radius 3 is 2.42 bits per heavy atom. The van der Waals surface area contributed by atoms with Crippen LogP contribution < -0.4 is 9.64 Å². The molecule has 0 spiro atoms. The van der Waals surface area contributed by atoms with Gasteiger partial charge in [0, 0.05) is 12.2 Å². The largest absolute Gasteiger partial charge is 0.491 e. The molecule has 1 fully saturated rings. The van der Waals surface area contributed by atoms with E-state index >= 15 is 0 Å². The monoisotopic (exact) mass is 365 g/mol. The number of aliphatic hydroxyl groups is 1. The molecule has 0 aliphatic carbocycles. The maximum absolute atomic E-state index is 12.7. The number of anilines is 1. The molecule has 1 saturated heterocycles. The third kappa shape index (κ3) is 5.19. The molecule has 1 aliphatic rings. The van der Waals surface area contributed by atoms with E-state index in [0.717, 1.165) is 0 Å². The van der Waals surface area contributed by atoms with Crippen LogP contribution in [0, 0.1) is 0 Å². The molecule has 0 aromatic heterocycles. The predicted octanol–water partition coefficient (Wildman–Crippen LogP) is 1.91. The van der Waals surface area contributed by atoms with Crippen LogP contribution in [0.4, 0.5) is 5.69 Å². The zero-order chi connectivity index (χ0) is 19.5. The summed E-state index contributed by atoms with van der Waals surface area (Å²) in [6.45, 7) is 9.47. The normalized spacial score (nSPS) is 19.4. The van der Waals surface area contributed by atoms with Crippen LogP contribution in [0.1, 0.15) is 34.6 Å². The third-order valence-corrected chi connectivity index (χ3v) is 3.58. The van der Waals surface area contributed by atoms with Crippen molar-refractivity contribution in [2.24, 2.45) is 0 Å². The first kappa shape index (κ1) is 20.2. The molecule has 1 N–H and O–H groups in total. The van der Waals surface area contributed by atoms with Gasteiger partial charge in [0.15, 0.2) is 12.2 Å². The lowest BCUT2D eigenvalue weighted by molar-refractivity contribution is -0.177. The van der Waals surface area contributed by atoms with Gasteiger partial charge < -0.3 is 24.2 Å². The number of amides is 1. The predicted molar refractivity (Wildman–Crippen MR) is 96.2 cm³/mol. The van der Waals surface area contributed by atoms with Crippen LogP contribution in [0.2, 0.25) is 0 Å². The van der Waals surface area contributed by atoms with Crippen LogP contribution in [0.25, 0.3) is 0 Å². The lowest BCUT2D eigenvalue weighted by atomic mass is 10.1. The van der Waals surface area contributed by atoms with E-state index in [1.54, 1.807) is 45.0 Å². The first-order valence-corrected chi connectivity index (χ1v) is 8.69. The zero-order valence-corrected chi connectivity index (χ0v) is 15.9. The number of benzene rings is 1. The number of rotatable bonds is 5. The second-order valence-corrected chi connectivity index (χ2v) is 7.42. The number of esters is 1. The minimum Gasteiger partial charge on any atom is -0.491 e. The number of ether oxygens (including phenoxy) is 3. The molecule has 1 amide bonds. The summed E-state index contributed by atoms with van der Waals surface area (Å²) in [5, 5.41) is 10.2. The Morgan fingerprint density at radius 2 is 1.88 bits per heavy atom. The molecule has 0 saturated carbocycles. The Balaban J connectivity index is 2.10. The van der Waals surface area contributed by atoms with Crippen molar-refractivity contribution >= 4 is 17.6 Å². The van der Waals surface area contributed by atoms with Crippen LogP contribution in [0.3, 0.4) is 0 Å². The molecule has 0 bridgehead atoms. The van der Waals surface area contributed by atoms with Crippen LogP contribution in [-0.4, -0.2) is 54.0 Å². The molecule has 7 heteroatoms. The second-order valence-electron chi connectivity index (χ2n) is 7.42. The van der Waals surface area contributed by atoms with E-state index in [9.17, 15) is 14.7 Å². The lowest BCUT2D eigenvalue weighted by Crippen LogP contribution is -2.55. The standard InChI is InChI=1S/C19H27NO6/c1-12(2)25-14-8-6-13(7-9-14)20-10-11-24-16(17(20)22)15(21)18(23)26-19(3,4)5/h6-9,12,15-16,21H,10-11H2,1-5H3/t15-,16-/m1/s1. The first-order valence-electron chi connectivity index (χ1n) is 8.69. The highest BCUT2D eigenvalue weighted by atomic mass is 16.6. The summed E-state index contributed by atoms with van der Waals surface area (Å²) in [5.74, 6) is -0.652. The minimum absolute atomic E-state index is 0.0548. The van der Waals surface area contributed by atoms with Gasteiger partial charge in [-0.15, -0.1) is 0 Å². The fourth-order valence-corrected chi connectivity index (χ4v) is 2.55. The van der Waals surface area contributed by atoms with E-state index < -0.39 is 29.7 Å². The van der Waals surface area contributed by atoms with Crippen LogP contribution >= 0.6 is 0 Å². The van der Waals surface area contributed by atoms with E-state index in [0.29, 0.717) is 18.0 Å². The molecule has 0 radical (unpaired) electrons. The molecule has 144 valence electrons. The van der Waals surface area contributed by atoms with Crippen molar-refractivity contribution in [3.63, 3.8) is 0 Å². The SMILES string of the molecule is CC(C)Oc1ccc(N2CCO[C@H]([C@@H](O)C(=O)OC(C)(C)C)C2=O)cc1. The first-order chi connectivity index (χ1) is 12.1. The lowest BCUT2D eigenvalue weighted by Gasteiger charge is -2.34. The molecule has 7 nitrogen and oxygen atoms in total. The molecule has 1 aromatic rings. The molecule has 1 heterocycles. The smallest absolute Gasteiger partial charge is 0.338 e. The topological polar surface area (TPSA) is 85.3 Å². The molecule has 2 atom stereocenters. The Hall–Kier alpha value is -2.12. The summed E-state index contributed by atoms with van der Waals surface area (Å²) in [5.41, 5.74) is -0.113. The van der Waals surface area contributed by atoms with Crippen molar-refractivity contribution in [3.05, 3.63) is 24.3 Å². The summed E-state index contributed by atoms with van der Waals surface area (Å²) in [6, 6.07) is 7.07. The fourth-order valence-electron chi connectivity index (χ4n) is 2.55. The number of hydrogen-bond acceptors (Lipinski definition) is 6. The van der Waals surface area contributed by atoms with Gasteiger partial charge in [-0.2, -0.15) is 0 Å². The van der Waals surface area contributed by atoms with E-state index in [-0.39, 0.29) is 12.7 Å². The van der Waals surface area contributed by atoms with Crippen molar-refractivity contribution in [2.45, 2.75) is 58.5 Å². The Bertz CT molecular complexity index is 634. The highest BCUT2D eigenvalue weighted by molar-refractivity contribution is 6.00. The molecular weight excluding hydrogens is 338 g/mol. The number of nitrogens with zero attached hydrogens (tertiary/aromatic N) is 1. The van der Waals surface area contributed by atoms with Crippen LogP contribution in [0.5, 0.6) is 5.75 Å². The Labute approximate surface area is 153 Å². The summed E-state index contributed by atoms with van der Waals surface area (Å²) in [4.78, 5) is 26.2. The highest BCUT2D eigenvalue weighted by Gasteiger charge is 2.41. The van der Waals surface area contributed by atoms with Gasteiger partial charge in [0.2, 0.25) is 0 Å². The zero-order valence-electron chi connectivity index (χ0n) is 15.9. The average Bonchev–Trinajstić information content (AvgIpc) is 2.53. The quantitative estimate of drug-likeness (QED) is 0.803. The second kappa shape index (κ2) is 8.05. The van der Waals surface area contributed by atoms with Gasteiger partial charge in [0.25, 0.3) is 5.91 Å². The summed E-state index contributed by atoms with van der Waals surface area (Å²) in [6.07, 6.45) is -2.91. The van der Waals surface area contributed by atoms with Crippen molar-refractivity contribution in [1.82, 2.24) is 0 Å². The van der Waals surface area contributed by atoms with Gasteiger partial charge in [-0.25, -0.2) is 4.79 Å². The number of morpholine rings is 1. The van der Waals surface area contributed by atoms with Crippen molar-refractivity contribution in [2.75, 3.05) is 18.1 Å². The number of carbonyl (C=O) groups excluding carboxylic acids is 2. The van der Waals surface area contributed by atoms with E-state index in [1.807, 2.05) is 13.8 Å². The van der Waals surface area contributed by atoms with Crippen LogP contribution in [-0.2, 0) is 19.1 Å². The number of hydrogen-bond donors (Lipinski definition) is 1. The Morgan fingerprint density at radius 1 is 1.27 bits per heavy atom. The van der Waals surface area contributed by atoms with Gasteiger partial charge in [-0.05, 0) is 58.9 Å². The number of carbonyl (C=O) groups is 2.